The summed E-state index contributed by atoms with van der Waals surface area (Å²) in [5, 5.41) is 5.70. The van der Waals surface area contributed by atoms with Crippen molar-refractivity contribution in [2.75, 3.05) is 33.9 Å². The average molecular weight is 271 g/mol. The number of nitrogens with one attached hydrogen (secondary N) is 1. The molecule has 0 fully saturated rings. The molecule has 1 N–H and O–H groups in total. The predicted octanol–water partition coefficient (Wildman–Crippen LogP) is 3.10. The summed E-state index contributed by atoms with van der Waals surface area (Å²) < 4.78 is 10.2. The van der Waals surface area contributed by atoms with Crippen molar-refractivity contribution >= 4 is 16.8 Å². The SMILES string of the molecule is COCCNCC=Cc1ccc2cc(OC)ccc2c1. The van der Waals surface area contributed by atoms with Gasteiger partial charge in [0, 0.05) is 20.2 Å². The first-order chi connectivity index (χ1) is 9.83. The molecule has 2 aromatic carbocycles. The second-order valence-electron chi connectivity index (χ2n) is 4.57. The number of hydrogen-bond acceptors (Lipinski definition) is 3. The van der Waals surface area contributed by atoms with Gasteiger partial charge in [-0.1, -0.05) is 30.4 Å². The first-order valence-electron chi connectivity index (χ1n) is 6.77. The van der Waals surface area contributed by atoms with Crippen LogP contribution in [0.15, 0.2) is 42.5 Å². The third-order valence-electron chi connectivity index (χ3n) is 3.13. The maximum atomic E-state index is 5.23. The lowest BCUT2D eigenvalue weighted by molar-refractivity contribution is 0.200. The van der Waals surface area contributed by atoms with Crippen molar-refractivity contribution in [2.24, 2.45) is 0 Å². The number of hydrogen-bond donors (Lipinski definition) is 1. The van der Waals surface area contributed by atoms with Gasteiger partial charge >= 0.3 is 0 Å². The highest BCUT2D eigenvalue weighted by Gasteiger charge is 1.97. The molecule has 0 saturated carbocycles. The van der Waals surface area contributed by atoms with Gasteiger partial charge < -0.3 is 14.8 Å². The van der Waals surface area contributed by atoms with Crippen LogP contribution in [0.1, 0.15) is 5.56 Å². The lowest BCUT2D eigenvalue weighted by atomic mass is 10.1. The smallest absolute Gasteiger partial charge is 0.119 e. The molecule has 106 valence electrons. The summed E-state index contributed by atoms with van der Waals surface area (Å²) >= 11 is 0. The van der Waals surface area contributed by atoms with Crippen LogP contribution in [0.5, 0.6) is 5.75 Å². The third kappa shape index (κ3) is 4.08. The molecule has 0 heterocycles. The van der Waals surface area contributed by atoms with E-state index in [0.29, 0.717) is 0 Å². The molecule has 0 bridgehead atoms. The van der Waals surface area contributed by atoms with Crippen molar-refractivity contribution in [1.29, 1.82) is 0 Å². The largest absolute Gasteiger partial charge is 0.497 e. The highest BCUT2D eigenvalue weighted by molar-refractivity contribution is 5.86. The Morgan fingerprint density at radius 2 is 1.85 bits per heavy atom. The number of ether oxygens (including phenoxy) is 2. The number of methoxy groups -OCH3 is 2. The van der Waals surface area contributed by atoms with Crippen molar-refractivity contribution in [3.63, 3.8) is 0 Å². The summed E-state index contributed by atoms with van der Waals surface area (Å²) in [5.41, 5.74) is 1.20. The standard InChI is InChI=1S/C17H21NO2/c1-19-11-10-18-9-3-4-14-5-6-16-13-17(20-2)8-7-15(16)12-14/h3-8,12-13,18H,9-11H2,1-2H3. The van der Waals surface area contributed by atoms with Crippen LogP contribution in [-0.4, -0.2) is 33.9 Å². The highest BCUT2D eigenvalue weighted by Crippen LogP contribution is 2.22. The maximum absolute atomic E-state index is 5.23. The molecule has 0 saturated heterocycles. The number of benzene rings is 2. The zero-order valence-electron chi connectivity index (χ0n) is 12.1. The fraction of sp³-hybridized carbons (Fsp3) is 0.294. The first-order valence-corrected chi connectivity index (χ1v) is 6.77. The monoisotopic (exact) mass is 271 g/mol. The van der Waals surface area contributed by atoms with Crippen molar-refractivity contribution < 1.29 is 9.47 Å². The van der Waals surface area contributed by atoms with Crippen LogP contribution in [0.25, 0.3) is 16.8 Å². The van der Waals surface area contributed by atoms with Gasteiger partial charge in [-0.3, -0.25) is 0 Å². The molecule has 0 atom stereocenters. The Kier molecular flexibility index (Phi) is 5.59. The normalized spacial score (nSPS) is 11.3. The van der Waals surface area contributed by atoms with E-state index in [4.69, 9.17) is 9.47 Å². The Hall–Kier alpha value is -1.84. The van der Waals surface area contributed by atoms with Gasteiger partial charge in [-0.05, 0) is 34.5 Å². The summed E-state index contributed by atoms with van der Waals surface area (Å²) in [6.45, 7) is 2.47. The van der Waals surface area contributed by atoms with Gasteiger partial charge in [-0.15, -0.1) is 0 Å². The van der Waals surface area contributed by atoms with E-state index in [1.54, 1.807) is 14.2 Å². The molecule has 0 aliphatic carbocycles. The Labute approximate surface area is 120 Å². The lowest BCUT2D eigenvalue weighted by Crippen LogP contribution is -2.18. The minimum absolute atomic E-state index is 0.742. The minimum atomic E-state index is 0.742. The Balaban J connectivity index is 1.99. The van der Waals surface area contributed by atoms with Gasteiger partial charge in [0.1, 0.15) is 5.75 Å². The average Bonchev–Trinajstić information content (AvgIpc) is 2.50. The first kappa shape index (κ1) is 14.6. The zero-order valence-corrected chi connectivity index (χ0v) is 12.1. The third-order valence-corrected chi connectivity index (χ3v) is 3.13. The van der Waals surface area contributed by atoms with Crippen LogP contribution in [0.4, 0.5) is 0 Å². The van der Waals surface area contributed by atoms with E-state index in [1.165, 1.54) is 16.3 Å². The second-order valence-corrected chi connectivity index (χ2v) is 4.57. The number of fused-ring (bicyclic) bond motifs is 1. The van der Waals surface area contributed by atoms with Crippen LogP contribution in [0, 0.1) is 0 Å². The van der Waals surface area contributed by atoms with Crippen LogP contribution in [0.3, 0.4) is 0 Å². The molecule has 2 aromatic rings. The van der Waals surface area contributed by atoms with Crippen molar-refractivity contribution in [3.05, 3.63) is 48.0 Å². The van der Waals surface area contributed by atoms with Gasteiger partial charge in [0.15, 0.2) is 0 Å². The fourth-order valence-corrected chi connectivity index (χ4v) is 2.03. The molecule has 3 nitrogen and oxygen atoms in total. The van der Waals surface area contributed by atoms with E-state index in [1.807, 2.05) is 6.07 Å². The van der Waals surface area contributed by atoms with Crippen molar-refractivity contribution in [2.45, 2.75) is 0 Å². The molecule has 0 aliphatic rings. The molecule has 0 amide bonds. The van der Waals surface area contributed by atoms with E-state index in [0.717, 1.165) is 25.4 Å². The van der Waals surface area contributed by atoms with Crippen LogP contribution < -0.4 is 10.1 Å². The van der Waals surface area contributed by atoms with Crippen LogP contribution in [-0.2, 0) is 4.74 Å². The predicted molar refractivity (Wildman–Crippen MR) is 84.3 cm³/mol. The maximum Gasteiger partial charge on any atom is 0.119 e. The molecule has 0 aromatic heterocycles. The molecule has 3 heteroatoms. The molecule has 0 spiro atoms. The summed E-state index contributed by atoms with van der Waals surface area (Å²) in [6.07, 6.45) is 4.25. The van der Waals surface area contributed by atoms with Crippen molar-refractivity contribution in [1.82, 2.24) is 5.32 Å². The molecule has 20 heavy (non-hydrogen) atoms. The molecule has 2 rings (SSSR count). The van der Waals surface area contributed by atoms with E-state index >= 15 is 0 Å². The fourth-order valence-electron chi connectivity index (χ4n) is 2.03. The topological polar surface area (TPSA) is 30.5 Å². The van der Waals surface area contributed by atoms with Gasteiger partial charge in [-0.25, -0.2) is 0 Å². The van der Waals surface area contributed by atoms with Gasteiger partial charge in [-0.2, -0.15) is 0 Å². The number of rotatable bonds is 7. The van der Waals surface area contributed by atoms with Gasteiger partial charge in [0.2, 0.25) is 0 Å². The molecular weight excluding hydrogens is 250 g/mol. The summed E-state index contributed by atoms with van der Waals surface area (Å²) in [6, 6.07) is 12.5. The Morgan fingerprint density at radius 1 is 1.05 bits per heavy atom. The summed E-state index contributed by atoms with van der Waals surface area (Å²) in [4.78, 5) is 0. The van der Waals surface area contributed by atoms with Crippen LogP contribution in [0.2, 0.25) is 0 Å². The van der Waals surface area contributed by atoms with Gasteiger partial charge in [0.05, 0.1) is 13.7 Å². The lowest BCUT2D eigenvalue weighted by Gasteiger charge is -2.03. The Morgan fingerprint density at radius 3 is 2.65 bits per heavy atom. The summed E-state index contributed by atoms with van der Waals surface area (Å²) in [7, 11) is 3.40. The molecule has 0 radical (unpaired) electrons. The van der Waals surface area contributed by atoms with Crippen molar-refractivity contribution in [3.8, 4) is 5.75 Å². The molecule has 0 aliphatic heterocycles. The van der Waals surface area contributed by atoms with E-state index < -0.39 is 0 Å². The Bertz CT molecular complexity index is 578. The second kappa shape index (κ2) is 7.68. The van der Waals surface area contributed by atoms with Gasteiger partial charge in [0.25, 0.3) is 0 Å². The zero-order chi connectivity index (χ0) is 14.2. The minimum Gasteiger partial charge on any atom is -0.497 e. The van der Waals surface area contributed by atoms with E-state index in [9.17, 15) is 0 Å². The molecular formula is C17H21NO2. The van der Waals surface area contributed by atoms with Crippen LogP contribution >= 0.6 is 0 Å². The quantitative estimate of drug-likeness (QED) is 0.785. The summed E-state index contributed by atoms with van der Waals surface area (Å²) in [5.74, 6) is 0.892. The molecule has 0 unspecified atom stereocenters. The van der Waals surface area contributed by atoms with E-state index in [-0.39, 0.29) is 0 Å². The highest BCUT2D eigenvalue weighted by atomic mass is 16.5. The van der Waals surface area contributed by atoms with E-state index in [2.05, 4.69) is 47.8 Å².